The van der Waals surface area contributed by atoms with Gasteiger partial charge in [-0.1, -0.05) is 12.1 Å². The fraction of sp³-hybridized carbons (Fsp3) is 0.571. The highest BCUT2D eigenvalue weighted by Crippen LogP contribution is 2.30. The number of nitrogens with two attached hydrogens (primary N) is 1. The van der Waals surface area contributed by atoms with Crippen LogP contribution in [0.15, 0.2) is 18.2 Å². The fourth-order valence-electron chi connectivity index (χ4n) is 2.70. The second-order valence-electron chi connectivity index (χ2n) is 5.52. The molecule has 0 amide bonds. The van der Waals surface area contributed by atoms with Gasteiger partial charge in [-0.2, -0.15) is 0 Å². The van der Waals surface area contributed by atoms with Gasteiger partial charge in [-0.3, -0.25) is 0 Å². The van der Waals surface area contributed by atoms with Crippen LogP contribution >= 0.6 is 0 Å². The number of morpholine rings is 1. The molecule has 100 valence electrons. The van der Waals surface area contributed by atoms with Gasteiger partial charge < -0.3 is 15.4 Å². The van der Waals surface area contributed by atoms with Gasteiger partial charge in [0.05, 0.1) is 17.4 Å². The Balaban J connectivity index is 2.36. The molecule has 3 nitrogen and oxygen atoms in total. The molecule has 1 unspecified atom stereocenters. The first-order valence-corrected chi connectivity index (χ1v) is 6.33. The van der Waals surface area contributed by atoms with Crippen LogP contribution in [0.1, 0.15) is 26.3 Å². The van der Waals surface area contributed by atoms with Crippen molar-refractivity contribution in [2.75, 3.05) is 18.0 Å². The van der Waals surface area contributed by atoms with Crippen molar-refractivity contribution in [2.45, 2.75) is 39.0 Å². The number of hydrogen-bond donors (Lipinski definition) is 1. The van der Waals surface area contributed by atoms with Crippen LogP contribution < -0.4 is 10.6 Å². The summed E-state index contributed by atoms with van der Waals surface area (Å²) >= 11 is 0. The van der Waals surface area contributed by atoms with Gasteiger partial charge >= 0.3 is 0 Å². The second-order valence-corrected chi connectivity index (χ2v) is 5.52. The fourth-order valence-corrected chi connectivity index (χ4v) is 2.70. The molecule has 1 fully saturated rings. The van der Waals surface area contributed by atoms with Crippen molar-refractivity contribution in [3.63, 3.8) is 0 Å². The minimum atomic E-state index is -0.272. The maximum atomic E-state index is 14.1. The van der Waals surface area contributed by atoms with Crippen molar-refractivity contribution in [3.05, 3.63) is 29.6 Å². The number of anilines is 1. The third-order valence-corrected chi connectivity index (χ3v) is 3.18. The van der Waals surface area contributed by atoms with Crippen molar-refractivity contribution in [1.82, 2.24) is 0 Å². The highest BCUT2D eigenvalue weighted by molar-refractivity contribution is 5.55. The quantitative estimate of drug-likeness (QED) is 0.877. The molecular weight excluding hydrogens is 231 g/mol. The third kappa shape index (κ3) is 2.65. The van der Waals surface area contributed by atoms with Crippen LogP contribution in [0, 0.1) is 5.82 Å². The molecule has 1 aromatic carbocycles. The zero-order valence-corrected chi connectivity index (χ0v) is 11.2. The molecule has 0 saturated carbocycles. The summed E-state index contributed by atoms with van der Waals surface area (Å²) in [7, 11) is 0. The van der Waals surface area contributed by atoms with E-state index < -0.39 is 0 Å². The molecule has 4 heteroatoms. The maximum Gasteiger partial charge on any atom is 0.146 e. The standard InChI is InChI=1S/C14H21FN2O/c1-10-8-17(9-14(2,3)18-10)13-11(7-16)5-4-6-12(13)15/h4-6,10H,7-9,16H2,1-3H3. The molecule has 18 heavy (non-hydrogen) atoms. The van der Waals surface area contributed by atoms with Crippen molar-refractivity contribution in [1.29, 1.82) is 0 Å². The number of para-hydroxylation sites is 1. The third-order valence-electron chi connectivity index (χ3n) is 3.18. The van der Waals surface area contributed by atoms with Gasteiger partial charge in [0.1, 0.15) is 5.82 Å². The monoisotopic (exact) mass is 252 g/mol. The lowest BCUT2D eigenvalue weighted by atomic mass is 10.0. The number of hydrogen-bond acceptors (Lipinski definition) is 3. The summed E-state index contributed by atoms with van der Waals surface area (Å²) in [4.78, 5) is 2.05. The summed E-state index contributed by atoms with van der Waals surface area (Å²) in [6.07, 6.45) is 0.0824. The van der Waals surface area contributed by atoms with Crippen LogP contribution in [0.4, 0.5) is 10.1 Å². The molecule has 1 aliphatic rings. The van der Waals surface area contributed by atoms with Crippen LogP contribution in [0.5, 0.6) is 0 Å². The van der Waals surface area contributed by atoms with Gasteiger partial charge in [-0.05, 0) is 32.4 Å². The van der Waals surface area contributed by atoms with E-state index in [-0.39, 0.29) is 17.5 Å². The number of ether oxygens (including phenoxy) is 1. The molecule has 1 heterocycles. The van der Waals surface area contributed by atoms with E-state index in [1.165, 1.54) is 6.07 Å². The van der Waals surface area contributed by atoms with E-state index in [0.29, 0.717) is 25.3 Å². The number of halogens is 1. The molecule has 2 rings (SSSR count). The Morgan fingerprint density at radius 2 is 2.22 bits per heavy atom. The molecule has 0 aromatic heterocycles. The normalized spacial score (nSPS) is 23.2. The lowest BCUT2D eigenvalue weighted by Gasteiger charge is -2.43. The number of benzene rings is 1. The first-order valence-electron chi connectivity index (χ1n) is 6.33. The highest BCUT2D eigenvalue weighted by Gasteiger charge is 2.33. The predicted molar refractivity (Wildman–Crippen MR) is 71.1 cm³/mol. The average Bonchev–Trinajstić information content (AvgIpc) is 2.25. The number of nitrogens with zero attached hydrogens (tertiary/aromatic N) is 1. The largest absolute Gasteiger partial charge is 0.369 e. The minimum Gasteiger partial charge on any atom is -0.369 e. The molecule has 0 aliphatic carbocycles. The van der Waals surface area contributed by atoms with Crippen LogP contribution in [0.3, 0.4) is 0 Å². The molecule has 0 bridgehead atoms. The predicted octanol–water partition coefficient (Wildman–Crippen LogP) is 2.29. The maximum absolute atomic E-state index is 14.1. The molecule has 1 atom stereocenters. The Bertz CT molecular complexity index is 434. The van der Waals surface area contributed by atoms with Gasteiger partial charge in [0.25, 0.3) is 0 Å². The molecule has 1 saturated heterocycles. The minimum absolute atomic E-state index is 0.0824. The Morgan fingerprint density at radius 3 is 2.83 bits per heavy atom. The van der Waals surface area contributed by atoms with E-state index in [2.05, 4.69) is 0 Å². The summed E-state index contributed by atoms with van der Waals surface area (Å²) in [5, 5.41) is 0. The summed E-state index contributed by atoms with van der Waals surface area (Å²) in [6.45, 7) is 7.77. The molecular formula is C14H21FN2O. The van der Waals surface area contributed by atoms with Crippen molar-refractivity contribution < 1.29 is 9.13 Å². The van der Waals surface area contributed by atoms with Crippen LogP contribution in [-0.2, 0) is 11.3 Å². The van der Waals surface area contributed by atoms with Gasteiger partial charge in [-0.15, -0.1) is 0 Å². The SMILES string of the molecule is CC1CN(c2c(F)cccc2CN)CC(C)(C)O1. The second kappa shape index (κ2) is 4.86. The number of rotatable bonds is 2. The molecule has 0 spiro atoms. The molecule has 2 N–H and O–H groups in total. The lowest BCUT2D eigenvalue weighted by molar-refractivity contribution is -0.0751. The Hall–Kier alpha value is -1.13. The van der Waals surface area contributed by atoms with Crippen molar-refractivity contribution in [2.24, 2.45) is 5.73 Å². The molecule has 1 aromatic rings. The van der Waals surface area contributed by atoms with E-state index in [4.69, 9.17) is 10.5 Å². The van der Waals surface area contributed by atoms with Gasteiger partial charge in [0.15, 0.2) is 0 Å². The summed E-state index contributed by atoms with van der Waals surface area (Å²) < 4.78 is 19.9. The smallest absolute Gasteiger partial charge is 0.146 e. The average molecular weight is 252 g/mol. The van der Waals surface area contributed by atoms with E-state index in [1.807, 2.05) is 31.7 Å². The Morgan fingerprint density at radius 1 is 1.50 bits per heavy atom. The van der Waals surface area contributed by atoms with Crippen LogP contribution in [-0.4, -0.2) is 24.8 Å². The van der Waals surface area contributed by atoms with E-state index in [1.54, 1.807) is 6.07 Å². The van der Waals surface area contributed by atoms with E-state index in [9.17, 15) is 4.39 Å². The van der Waals surface area contributed by atoms with Gasteiger partial charge in [-0.25, -0.2) is 4.39 Å². The van der Waals surface area contributed by atoms with Crippen molar-refractivity contribution in [3.8, 4) is 0 Å². The molecule has 1 aliphatic heterocycles. The van der Waals surface area contributed by atoms with E-state index in [0.717, 1.165) is 5.56 Å². The Kier molecular flexibility index (Phi) is 3.59. The molecule has 0 radical (unpaired) electrons. The first-order chi connectivity index (χ1) is 8.43. The summed E-state index contributed by atoms with van der Waals surface area (Å²) in [5.74, 6) is -0.206. The van der Waals surface area contributed by atoms with Gasteiger partial charge in [0.2, 0.25) is 0 Å². The van der Waals surface area contributed by atoms with Crippen molar-refractivity contribution >= 4 is 5.69 Å². The van der Waals surface area contributed by atoms with Crippen LogP contribution in [0.25, 0.3) is 0 Å². The summed E-state index contributed by atoms with van der Waals surface area (Å²) in [5.41, 5.74) is 6.91. The Labute approximate surface area is 108 Å². The zero-order chi connectivity index (χ0) is 13.3. The van der Waals surface area contributed by atoms with E-state index >= 15 is 0 Å². The first kappa shape index (κ1) is 13.3. The summed E-state index contributed by atoms with van der Waals surface area (Å²) in [6, 6.07) is 5.07. The van der Waals surface area contributed by atoms with Gasteiger partial charge in [0, 0.05) is 19.6 Å². The topological polar surface area (TPSA) is 38.5 Å². The zero-order valence-electron chi connectivity index (χ0n) is 11.2. The van der Waals surface area contributed by atoms with Crippen LogP contribution in [0.2, 0.25) is 0 Å². The lowest BCUT2D eigenvalue weighted by Crippen LogP contribution is -2.52. The highest BCUT2D eigenvalue weighted by atomic mass is 19.1.